The highest BCUT2D eigenvalue weighted by atomic mass is 16.1. The van der Waals surface area contributed by atoms with Crippen molar-refractivity contribution in [2.75, 3.05) is 6.54 Å². The molecule has 1 heterocycles. The van der Waals surface area contributed by atoms with Crippen LogP contribution in [-0.2, 0) is 0 Å². The monoisotopic (exact) mass is 231 g/mol. The van der Waals surface area contributed by atoms with Crippen LogP contribution in [0, 0.1) is 0 Å². The van der Waals surface area contributed by atoms with Gasteiger partial charge in [0.15, 0.2) is 0 Å². The molecule has 0 fully saturated rings. The molecule has 1 aliphatic heterocycles. The molecule has 0 saturated heterocycles. The van der Waals surface area contributed by atoms with Gasteiger partial charge in [0, 0.05) is 18.0 Å². The molecule has 1 aromatic rings. The second-order valence-electron chi connectivity index (χ2n) is 4.97. The second-order valence-corrected chi connectivity index (χ2v) is 4.97. The first kappa shape index (κ1) is 12.2. The highest BCUT2D eigenvalue weighted by molar-refractivity contribution is 5.97. The van der Waals surface area contributed by atoms with Crippen LogP contribution in [0.2, 0.25) is 0 Å². The Morgan fingerprint density at radius 2 is 2.18 bits per heavy atom. The molecule has 2 rings (SSSR count). The molecule has 0 aliphatic carbocycles. The summed E-state index contributed by atoms with van der Waals surface area (Å²) in [5.41, 5.74) is 3.39. The molecule has 2 atom stereocenters. The number of fused-ring (bicyclic) bond motifs is 1. The van der Waals surface area contributed by atoms with Gasteiger partial charge in [0.2, 0.25) is 0 Å². The summed E-state index contributed by atoms with van der Waals surface area (Å²) in [5, 5.41) is 2.98. The molecule has 0 aromatic heterocycles. The van der Waals surface area contributed by atoms with Crippen molar-refractivity contribution in [3.63, 3.8) is 0 Å². The first-order valence-corrected chi connectivity index (χ1v) is 6.59. The molecular formula is C15H21NO. The van der Waals surface area contributed by atoms with E-state index in [0.29, 0.717) is 11.8 Å². The first-order valence-electron chi connectivity index (χ1n) is 6.59. The molecule has 2 unspecified atom stereocenters. The van der Waals surface area contributed by atoms with E-state index in [0.717, 1.165) is 24.9 Å². The third-order valence-corrected chi connectivity index (χ3v) is 3.95. The Kier molecular flexibility index (Phi) is 3.51. The Labute approximate surface area is 103 Å². The number of amides is 1. The number of hydrogen-bond donors (Lipinski definition) is 1. The zero-order chi connectivity index (χ0) is 12.4. The lowest BCUT2D eigenvalue weighted by Gasteiger charge is -2.26. The van der Waals surface area contributed by atoms with E-state index in [-0.39, 0.29) is 5.91 Å². The highest BCUT2D eigenvalue weighted by Crippen LogP contribution is 2.29. The quantitative estimate of drug-likeness (QED) is 0.848. The maximum absolute atomic E-state index is 11.9. The van der Waals surface area contributed by atoms with Gasteiger partial charge in [0.25, 0.3) is 5.91 Å². The summed E-state index contributed by atoms with van der Waals surface area (Å²) < 4.78 is 0. The van der Waals surface area contributed by atoms with Crippen LogP contribution in [0.1, 0.15) is 66.9 Å². The minimum atomic E-state index is 0.0925. The Balaban J connectivity index is 2.42. The summed E-state index contributed by atoms with van der Waals surface area (Å²) in [7, 11) is 0. The van der Waals surface area contributed by atoms with Crippen LogP contribution >= 0.6 is 0 Å². The largest absolute Gasteiger partial charge is 0.351 e. The van der Waals surface area contributed by atoms with Crippen molar-refractivity contribution in [2.24, 2.45) is 0 Å². The van der Waals surface area contributed by atoms with Gasteiger partial charge in [-0.1, -0.05) is 32.9 Å². The molecule has 0 saturated carbocycles. The smallest absolute Gasteiger partial charge is 0.251 e. The summed E-state index contributed by atoms with van der Waals surface area (Å²) in [6, 6.07) is 6.43. The lowest BCUT2D eigenvalue weighted by molar-refractivity contribution is 0.0939. The van der Waals surface area contributed by atoms with E-state index in [1.165, 1.54) is 11.1 Å². The van der Waals surface area contributed by atoms with E-state index in [4.69, 9.17) is 0 Å². The van der Waals surface area contributed by atoms with Crippen LogP contribution in [0.4, 0.5) is 0 Å². The lowest BCUT2D eigenvalue weighted by Crippen LogP contribution is -2.34. The van der Waals surface area contributed by atoms with Gasteiger partial charge in [0.1, 0.15) is 0 Å². The van der Waals surface area contributed by atoms with Crippen LogP contribution in [0.3, 0.4) is 0 Å². The molecular weight excluding hydrogens is 210 g/mol. The Hall–Kier alpha value is -1.31. The normalized spacial score (nSPS) is 20.6. The third-order valence-electron chi connectivity index (χ3n) is 3.95. The molecule has 1 aliphatic rings. The van der Waals surface area contributed by atoms with Crippen LogP contribution in [0.25, 0.3) is 0 Å². The Morgan fingerprint density at radius 1 is 1.41 bits per heavy atom. The number of carbonyl (C=O) groups excluding carboxylic acids is 1. The Bertz CT molecular complexity index is 425. The van der Waals surface area contributed by atoms with Gasteiger partial charge in [0.05, 0.1) is 0 Å². The third kappa shape index (κ3) is 2.21. The number of nitrogens with one attached hydrogen (secondary N) is 1. The van der Waals surface area contributed by atoms with Gasteiger partial charge in [-0.05, 0) is 36.0 Å². The summed E-state index contributed by atoms with van der Waals surface area (Å²) in [6.45, 7) is 7.35. The highest BCUT2D eigenvalue weighted by Gasteiger charge is 2.24. The molecule has 2 heteroatoms. The van der Waals surface area contributed by atoms with Crippen LogP contribution in [-0.4, -0.2) is 12.5 Å². The average molecular weight is 231 g/mol. The lowest BCUT2D eigenvalue weighted by atomic mass is 9.85. The van der Waals surface area contributed by atoms with Crippen LogP contribution < -0.4 is 5.32 Å². The maximum Gasteiger partial charge on any atom is 0.251 e. The van der Waals surface area contributed by atoms with Gasteiger partial charge >= 0.3 is 0 Å². The molecule has 0 spiro atoms. The van der Waals surface area contributed by atoms with Crippen molar-refractivity contribution < 1.29 is 4.79 Å². The number of carbonyl (C=O) groups is 1. The van der Waals surface area contributed by atoms with Crippen molar-refractivity contribution in [2.45, 2.75) is 45.4 Å². The fraction of sp³-hybridized carbons (Fsp3) is 0.533. The van der Waals surface area contributed by atoms with E-state index in [1.54, 1.807) is 0 Å². The van der Waals surface area contributed by atoms with Crippen molar-refractivity contribution in [1.29, 1.82) is 0 Å². The topological polar surface area (TPSA) is 29.1 Å². The predicted molar refractivity (Wildman–Crippen MR) is 70.5 cm³/mol. The van der Waals surface area contributed by atoms with E-state index < -0.39 is 0 Å². The summed E-state index contributed by atoms with van der Waals surface area (Å²) in [4.78, 5) is 11.9. The van der Waals surface area contributed by atoms with Gasteiger partial charge in [-0.15, -0.1) is 0 Å². The summed E-state index contributed by atoms with van der Waals surface area (Å²) in [5.74, 6) is 1.10. The summed E-state index contributed by atoms with van der Waals surface area (Å²) >= 11 is 0. The van der Waals surface area contributed by atoms with E-state index in [2.05, 4.69) is 44.3 Å². The fourth-order valence-corrected chi connectivity index (χ4v) is 2.45. The molecule has 1 amide bonds. The molecule has 92 valence electrons. The van der Waals surface area contributed by atoms with E-state index >= 15 is 0 Å². The minimum absolute atomic E-state index is 0.0925. The van der Waals surface area contributed by atoms with E-state index in [1.807, 2.05) is 0 Å². The fourth-order valence-electron chi connectivity index (χ4n) is 2.45. The van der Waals surface area contributed by atoms with Gasteiger partial charge < -0.3 is 5.32 Å². The SMILES string of the molecule is CCC(C)c1ccc2c(c1)C(=O)NCC2CC. The second kappa shape index (κ2) is 4.91. The van der Waals surface area contributed by atoms with E-state index in [9.17, 15) is 4.79 Å². The zero-order valence-corrected chi connectivity index (χ0v) is 10.9. The minimum Gasteiger partial charge on any atom is -0.351 e. The Morgan fingerprint density at radius 3 is 2.82 bits per heavy atom. The van der Waals surface area contributed by atoms with Crippen molar-refractivity contribution >= 4 is 5.91 Å². The number of benzene rings is 1. The molecule has 0 radical (unpaired) electrons. The average Bonchev–Trinajstić information content (AvgIpc) is 2.38. The standard InChI is InChI=1S/C15H21NO/c1-4-10(3)12-6-7-13-11(5-2)9-16-15(17)14(13)8-12/h6-8,10-11H,4-5,9H2,1-3H3,(H,16,17). The van der Waals surface area contributed by atoms with Gasteiger partial charge in [-0.25, -0.2) is 0 Å². The van der Waals surface area contributed by atoms with Crippen LogP contribution in [0.15, 0.2) is 18.2 Å². The van der Waals surface area contributed by atoms with Gasteiger partial charge in [-0.2, -0.15) is 0 Å². The van der Waals surface area contributed by atoms with Crippen molar-refractivity contribution in [3.05, 3.63) is 34.9 Å². The first-order chi connectivity index (χ1) is 8.17. The zero-order valence-electron chi connectivity index (χ0n) is 10.9. The van der Waals surface area contributed by atoms with Crippen LogP contribution in [0.5, 0.6) is 0 Å². The van der Waals surface area contributed by atoms with Crippen molar-refractivity contribution in [1.82, 2.24) is 5.32 Å². The van der Waals surface area contributed by atoms with Crippen molar-refractivity contribution in [3.8, 4) is 0 Å². The molecule has 1 N–H and O–H groups in total. The number of rotatable bonds is 3. The summed E-state index contributed by atoms with van der Waals surface area (Å²) in [6.07, 6.45) is 2.19. The van der Waals surface area contributed by atoms with Gasteiger partial charge in [-0.3, -0.25) is 4.79 Å². The molecule has 1 aromatic carbocycles. The molecule has 17 heavy (non-hydrogen) atoms. The maximum atomic E-state index is 11.9. The number of hydrogen-bond acceptors (Lipinski definition) is 1. The molecule has 2 nitrogen and oxygen atoms in total. The predicted octanol–water partition coefficient (Wildman–Crippen LogP) is 3.44. The molecule has 0 bridgehead atoms.